The second kappa shape index (κ2) is 14.2. The fraction of sp³-hybridized carbons (Fsp3) is 0.212. The van der Waals surface area contributed by atoms with Crippen molar-refractivity contribution >= 4 is 57.3 Å². The summed E-state index contributed by atoms with van der Waals surface area (Å²) in [6, 6.07) is 24.7. The number of fused-ring (bicyclic) bond motifs is 1. The summed E-state index contributed by atoms with van der Waals surface area (Å²) < 4.78 is 5.97. The normalized spacial score (nSPS) is 10.9. The van der Waals surface area contributed by atoms with E-state index in [0.29, 0.717) is 33.6 Å². The van der Waals surface area contributed by atoms with E-state index in [1.54, 1.807) is 37.3 Å². The average molecular weight is 594 g/mol. The molecule has 4 aromatic carbocycles. The minimum Gasteiger partial charge on any atom is -0.545 e. The van der Waals surface area contributed by atoms with Gasteiger partial charge in [-0.2, -0.15) is 0 Å². The molecule has 0 spiro atoms. The Morgan fingerprint density at radius 2 is 1.61 bits per heavy atom. The van der Waals surface area contributed by atoms with E-state index < -0.39 is 5.97 Å². The van der Waals surface area contributed by atoms with Crippen molar-refractivity contribution in [1.82, 2.24) is 0 Å². The van der Waals surface area contributed by atoms with Crippen LogP contribution in [0.15, 0.2) is 91.0 Å². The van der Waals surface area contributed by atoms with Gasteiger partial charge in [-0.1, -0.05) is 96.5 Å². The van der Waals surface area contributed by atoms with Gasteiger partial charge in [0, 0.05) is 22.4 Å². The maximum absolute atomic E-state index is 11.4. The van der Waals surface area contributed by atoms with Crippen molar-refractivity contribution in [1.29, 1.82) is 0 Å². The van der Waals surface area contributed by atoms with Gasteiger partial charge in [0.05, 0.1) is 35.8 Å². The van der Waals surface area contributed by atoms with Crippen LogP contribution < -0.4 is 10.4 Å². The lowest BCUT2D eigenvalue weighted by atomic mass is 10.0. The number of aromatic carboxylic acids is 1. The van der Waals surface area contributed by atoms with Crippen LogP contribution in [0, 0.1) is 6.92 Å². The molecular formula is C33H34Cl2N2O4. The van der Waals surface area contributed by atoms with Gasteiger partial charge in [0.2, 0.25) is 0 Å². The third kappa shape index (κ3) is 8.82. The van der Waals surface area contributed by atoms with Crippen molar-refractivity contribution in [3.8, 4) is 0 Å². The first kappa shape index (κ1) is 31.7. The molecule has 0 fully saturated rings. The van der Waals surface area contributed by atoms with Gasteiger partial charge in [-0.25, -0.2) is 4.79 Å². The molecule has 41 heavy (non-hydrogen) atoms. The Hall–Kier alpha value is -3.84. The van der Waals surface area contributed by atoms with Crippen LogP contribution in [0.1, 0.15) is 28.4 Å². The van der Waals surface area contributed by atoms with Gasteiger partial charge in [0.25, 0.3) is 0 Å². The number of likely N-dealkylation sites (N-methyl/N-ethyl adjacent to an activating group) is 1. The second-order valence-corrected chi connectivity index (χ2v) is 11.2. The number of nitrogens with one attached hydrogen (secondary N) is 1. The van der Waals surface area contributed by atoms with E-state index in [0.717, 1.165) is 23.1 Å². The van der Waals surface area contributed by atoms with Gasteiger partial charge in [0.1, 0.15) is 19.7 Å². The lowest BCUT2D eigenvalue weighted by molar-refractivity contribution is -0.903. The molecule has 214 valence electrons. The molecule has 0 bridgehead atoms. The lowest BCUT2D eigenvalue weighted by Crippen LogP contribution is -2.41. The molecule has 0 unspecified atom stereocenters. The Bertz CT molecular complexity index is 1560. The zero-order valence-electron chi connectivity index (χ0n) is 23.7. The number of esters is 1. The van der Waals surface area contributed by atoms with Gasteiger partial charge in [-0.05, 0) is 42.3 Å². The third-order valence-electron chi connectivity index (χ3n) is 6.45. The number of aryl methyl sites for hydroxylation is 1. The molecule has 4 aromatic rings. The fourth-order valence-electron chi connectivity index (χ4n) is 4.16. The first-order chi connectivity index (χ1) is 19.4. The summed E-state index contributed by atoms with van der Waals surface area (Å²) in [6.07, 6.45) is 0. The number of hydrogen-bond acceptors (Lipinski definition) is 5. The summed E-state index contributed by atoms with van der Waals surface area (Å²) in [6.45, 7) is 9.17. The molecule has 0 heterocycles. The molecule has 0 saturated carbocycles. The minimum absolute atomic E-state index is 0.0520. The van der Waals surface area contributed by atoms with Gasteiger partial charge < -0.3 is 24.4 Å². The van der Waals surface area contributed by atoms with E-state index >= 15 is 0 Å². The van der Waals surface area contributed by atoms with Gasteiger partial charge in [-0.3, -0.25) is 0 Å². The van der Waals surface area contributed by atoms with Crippen molar-refractivity contribution in [3.63, 3.8) is 0 Å². The van der Waals surface area contributed by atoms with Crippen LogP contribution in [0.3, 0.4) is 0 Å². The number of carboxylic acids is 1. The second-order valence-electron chi connectivity index (χ2n) is 10.4. The van der Waals surface area contributed by atoms with E-state index in [4.69, 9.17) is 27.9 Å². The van der Waals surface area contributed by atoms with Crippen molar-refractivity contribution < 1.29 is 23.9 Å². The number of benzene rings is 4. The summed E-state index contributed by atoms with van der Waals surface area (Å²) in [5.74, 6) is -1.58. The molecule has 4 rings (SSSR count). The molecule has 0 amide bonds. The molecule has 0 atom stereocenters. The number of carbonyl (C=O) groups excluding carboxylic acids is 2. The number of anilines is 2. The van der Waals surface area contributed by atoms with Crippen LogP contribution in [0.2, 0.25) is 10.0 Å². The maximum atomic E-state index is 11.4. The number of rotatable bonds is 9. The van der Waals surface area contributed by atoms with E-state index in [1.807, 2.05) is 6.92 Å². The molecule has 0 saturated heterocycles. The molecular weight excluding hydrogens is 559 g/mol. The SMILES string of the molecule is C=C(C)C(=O)OCC[N+](C)(C)Cc1cccc2ccccc12.Cc1ccc(Cl)c(Nc2ccccc2C(=O)[O-])c1Cl. The highest BCUT2D eigenvalue weighted by Gasteiger charge is 2.18. The highest BCUT2D eigenvalue weighted by atomic mass is 35.5. The van der Waals surface area contributed by atoms with Crippen molar-refractivity contribution in [2.24, 2.45) is 0 Å². The highest BCUT2D eigenvalue weighted by molar-refractivity contribution is 6.39. The molecule has 6 nitrogen and oxygen atoms in total. The lowest BCUT2D eigenvalue weighted by Gasteiger charge is -2.30. The summed E-state index contributed by atoms with van der Waals surface area (Å²) >= 11 is 12.2. The minimum atomic E-state index is -1.26. The average Bonchev–Trinajstić information content (AvgIpc) is 2.93. The summed E-state index contributed by atoms with van der Waals surface area (Å²) in [7, 11) is 4.30. The number of hydrogen-bond donors (Lipinski definition) is 1. The van der Waals surface area contributed by atoms with Gasteiger partial charge in [-0.15, -0.1) is 0 Å². The van der Waals surface area contributed by atoms with Crippen LogP contribution in [0.5, 0.6) is 0 Å². The highest BCUT2D eigenvalue weighted by Crippen LogP contribution is 2.35. The number of nitrogens with zero attached hydrogens (tertiary/aromatic N) is 1. The quantitative estimate of drug-likeness (QED) is 0.129. The predicted molar refractivity (Wildman–Crippen MR) is 166 cm³/mol. The van der Waals surface area contributed by atoms with Crippen LogP contribution in [-0.2, 0) is 16.1 Å². The van der Waals surface area contributed by atoms with Crippen molar-refractivity contribution in [2.75, 3.05) is 32.6 Å². The first-order valence-electron chi connectivity index (χ1n) is 13.0. The van der Waals surface area contributed by atoms with Gasteiger partial charge >= 0.3 is 5.97 Å². The van der Waals surface area contributed by atoms with E-state index in [9.17, 15) is 14.7 Å². The Kier molecular flexibility index (Phi) is 11.0. The van der Waals surface area contributed by atoms with Crippen LogP contribution >= 0.6 is 23.2 Å². The van der Waals surface area contributed by atoms with E-state index in [1.165, 1.54) is 22.4 Å². The van der Waals surface area contributed by atoms with Crippen LogP contribution in [-0.4, -0.2) is 43.7 Å². The Labute approximate surface area is 251 Å². The maximum Gasteiger partial charge on any atom is 0.333 e. The molecule has 0 aliphatic heterocycles. The zero-order valence-corrected chi connectivity index (χ0v) is 25.2. The van der Waals surface area contributed by atoms with Crippen LogP contribution in [0.4, 0.5) is 11.4 Å². The molecule has 0 aliphatic carbocycles. The third-order valence-corrected chi connectivity index (χ3v) is 7.25. The molecule has 8 heteroatoms. The number of carbonyl (C=O) groups is 2. The molecule has 0 aliphatic rings. The zero-order chi connectivity index (χ0) is 30.2. The van der Waals surface area contributed by atoms with E-state index in [-0.39, 0.29) is 11.5 Å². The Balaban J connectivity index is 0.000000228. The summed E-state index contributed by atoms with van der Waals surface area (Å²) in [5, 5.41) is 17.4. The van der Waals surface area contributed by atoms with E-state index in [2.05, 4.69) is 68.5 Å². The Morgan fingerprint density at radius 1 is 0.951 bits per heavy atom. The standard InChI is InChI=1S/C19H24NO2.C14H11Cl2NO2/c1-15(2)19(21)22-13-12-20(3,4)14-17-10-7-9-16-8-5-6-11-18(16)17;1-8-6-7-10(15)13(12(8)16)17-11-5-3-2-4-9(11)14(18)19/h5-11H,1,12-14H2,2-4H3;2-7,17H,1H3,(H,18,19)/q+1;/p-1. The smallest absolute Gasteiger partial charge is 0.333 e. The largest absolute Gasteiger partial charge is 0.545 e. The van der Waals surface area contributed by atoms with Crippen molar-refractivity contribution in [2.45, 2.75) is 20.4 Å². The Morgan fingerprint density at radius 3 is 2.32 bits per heavy atom. The number of halogens is 2. The monoisotopic (exact) mass is 592 g/mol. The summed E-state index contributed by atoms with van der Waals surface area (Å²) in [5.41, 5.74) is 3.53. The number of carboxylic acid groups (broad SMARTS) is 1. The fourth-order valence-corrected chi connectivity index (χ4v) is 4.62. The molecule has 0 radical (unpaired) electrons. The topological polar surface area (TPSA) is 78.5 Å². The van der Waals surface area contributed by atoms with Crippen molar-refractivity contribution in [3.05, 3.63) is 118 Å². The molecule has 1 N–H and O–H groups in total. The number of para-hydroxylation sites is 1. The predicted octanol–water partition coefficient (Wildman–Crippen LogP) is 6.94. The first-order valence-corrected chi connectivity index (χ1v) is 13.8. The number of ether oxygens (including phenoxy) is 1. The summed E-state index contributed by atoms with van der Waals surface area (Å²) in [4.78, 5) is 22.5. The van der Waals surface area contributed by atoms with Gasteiger partial charge in [0.15, 0.2) is 0 Å². The van der Waals surface area contributed by atoms with Crippen LogP contribution in [0.25, 0.3) is 10.8 Å². The number of quaternary nitrogens is 1. The molecule has 0 aromatic heterocycles.